The molecule has 14 heavy (non-hydrogen) atoms. The molecule has 0 bridgehead atoms. The maximum absolute atomic E-state index is 4.32. The van der Waals surface area contributed by atoms with Crippen LogP contribution in [0.4, 0.5) is 11.5 Å². The molecule has 0 amide bonds. The van der Waals surface area contributed by atoms with Crippen molar-refractivity contribution >= 4 is 35.5 Å². The number of nitrogens with zero attached hydrogens (tertiary/aromatic N) is 2. The average molecular weight is 248 g/mol. The molecule has 1 N–H and O–H groups in total. The van der Waals surface area contributed by atoms with Crippen LogP contribution in [0.1, 0.15) is 0 Å². The fraction of sp³-hybridized carbons (Fsp3) is 0. The normalized spacial score (nSPS) is 12.6. The monoisotopic (exact) mass is 249 g/mol. The molecule has 0 fully saturated rings. The van der Waals surface area contributed by atoms with Crippen molar-refractivity contribution < 1.29 is 0 Å². The first-order valence-electron chi connectivity index (χ1n) is 4.28. The molecule has 3 nitrogen and oxygen atoms in total. The third-order valence-corrected chi connectivity index (χ3v) is 4.25. The molecular formula is C10H7N3Se. The van der Waals surface area contributed by atoms with Gasteiger partial charge in [0.1, 0.15) is 0 Å². The molecule has 4 heteroatoms. The second kappa shape index (κ2) is 3.08. The van der Waals surface area contributed by atoms with Crippen molar-refractivity contribution in [3.63, 3.8) is 0 Å². The van der Waals surface area contributed by atoms with Gasteiger partial charge in [0.15, 0.2) is 0 Å². The van der Waals surface area contributed by atoms with E-state index in [9.17, 15) is 0 Å². The third-order valence-electron chi connectivity index (χ3n) is 2.01. The molecule has 0 spiro atoms. The van der Waals surface area contributed by atoms with Gasteiger partial charge in [0.2, 0.25) is 0 Å². The summed E-state index contributed by atoms with van der Waals surface area (Å²) < 4.78 is 2.42. The van der Waals surface area contributed by atoms with Crippen molar-refractivity contribution in [3.05, 3.63) is 36.7 Å². The van der Waals surface area contributed by atoms with E-state index in [0.29, 0.717) is 0 Å². The molecule has 0 radical (unpaired) electrons. The van der Waals surface area contributed by atoms with Gasteiger partial charge >= 0.3 is 87.5 Å². The second-order valence-corrected chi connectivity index (χ2v) is 5.10. The zero-order chi connectivity index (χ0) is 9.38. The van der Waals surface area contributed by atoms with Crippen molar-refractivity contribution in [3.8, 4) is 0 Å². The molecular weight excluding hydrogens is 241 g/mol. The summed E-state index contributed by atoms with van der Waals surface area (Å²) in [7, 11) is 0. The minimum atomic E-state index is 0.283. The summed E-state index contributed by atoms with van der Waals surface area (Å²) in [6.07, 6.45) is 3.46. The van der Waals surface area contributed by atoms with Gasteiger partial charge in [0, 0.05) is 0 Å². The van der Waals surface area contributed by atoms with Crippen LogP contribution in [0.5, 0.6) is 0 Å². The first-order valence-corrected chi connectivity index (χ1v) is 6.00. The Balaban J connectivity index is 2.12. The molecule has 1 aliphatic rings. The topological polar surface area (TPSA) is 37.8 Å². The molecule has 0 saturated heterocycles. The molecule has 0 atom stereocenters. The summed E-state index contributed by atoms with van der Waals surface area (Å²) in [5.41, 5.74) is 1.17. The van der Waals surface area contributed by atoms with Gasteiger partial charge in [0.25, 0.3) is 0 Å². The quantitative estimate of drug-likeness (QED) is 0.577. The van der Waals surface area contributed by atoms with Crippen molar-refractivity contribution in [2.24, 2.45) is 0 Å². The molecule has 1 aromatic carbocycles. The van der Waals surface area contributed by atoms with E-state index in [1.165, 1.54) is 10.1 Å². The van der Waals surface area contributed by atoms with Gasteiger partial charge < -0.3 is 0 Å². The Morgan fingerprint density at radius 2 is 1.93 bits per heavy atom. The van der Waals surface area contributed by atoms with Crippen LogP contribution in [0.3, 0.4) is 0 Å². The summed E-state index contributed by atoms with van der Waals surface area (Å²) in [4.78, 5) is 8.58. The Kier molecular flexibility index (Phi) is 1.75. The molecule has 0 unspecified atom stereocenters. The van der Waals surface area contributed by atoms with E-state index in [-0.39, 0.29) is 15.0 Å². The molecule has 1 aliphatic heterocycles. The first-order chi connectivity index (χ1) is 6.93. The van der Waals surface area contributed by atoms with Crippen LogP contribution in [0, 0.1) is 0 Å². The molecule has 2 aromatic rings. The van der Waals surface area contributed by atoms with Crippen LogP contribution >= 0.6 is 0 Å². The van der Waals surface area contributed by atoms with Gasteiger partial charge in [-0.1, -0.05) is 0 Å². The summed E-state index contributed by atoms with van der Waals surface area (Å²) in [5.74, 6) is 0.909. The van der Waals surface area contributed by atoms with E-state index in [1.54, 1.807) is 12.4 Å². The molecule has 2 heterocycles. The molecule has 1 aromatic heterocycles. The predicted molar refractivity (Wildman–Crippen MR) is 56.8 cm³/mol. The van der Waals surface area contributed by atoms with Crippen LogP contribution in [-0.4, -0.2) is 24.9 Å². The minimum absolute atomic E-state index is 0.283. The van der Waals surface area contributed by atoms with Crippen LogP contribution in [-0.2, 0) is 0 Å². The van der Waals surface area contributed by atoms with E-state index in [4.69, 9.17) is 0 Å². The maximum atomic E-state index is 4.32. The Labute approximate surface area is 87.8 Å². The number of anilines is 2. The Bertz CT molecular complexity index is 397. The number of nitrogens with one attached hydrogen (secondary N) is 1. The van der Waals surface area contributed by atoms with Crippen molar-refractivity contribution in [1.82, 2.24) is 9.97 Å². The number of fused-ring (bicyclic) bond motifs is 2. The fourth-order valence-electron chi connectivity index (χ4n) is 1.38. The first kappa shape index (κ1) is 7.97. The van der Waals surface area contributed by atoms with E-state index < -0.39 is 0 Å². The number of rotatable bonds is 0. The number of hydrogen-bond donors (Lipinski definition) is 1. The van der Waals surface area contributed by atoms with Crippen LogP contribution in [0.25, 0.3) is 0 Å². The van der Waals surface area contributed by atoms with Crippen LogP contribution < -0.4 is 14.4 Å². The van der Waals surface area contributed by atoms with E-state index in [1.807, 2.05) is 6.07 Å². The molecule has 0 saturated carbocycles. The molecule has 68 valence electrons. The van der Waals surface area contributed by atoms with E-state index in [0.717, 1.165) is 10.4 Å². The summed E-state index contributed by atoms with van der Waals surface area (Å²) >= 11 is 0.283. The number of hydrogen-bond acceptors (Lipinski definition) is 3. The van der Waals surface area contributed by atoms with Gasteiger partial charge in [-0.05, 0) is 0 Å². The summed E-state index contributed by atoms with van der Waals surface area (Å²) in [6.45, 7) is 0. The van der Waals surface area contributed by atoms with Gasteiger partial charge in [-0.3, -0.25) is 0 Å². The van der Waals surface area contributed by atoms with E-state index in [2.05, 4.69) is 33.5 Å². The van der Waals surface area contributed by atoms with Gasteiger partial charge in [-0.25, -0.2) is 0 Å². The Morgan fingerprint density at radius 3 is 2.93 bits per heavy atom. The Morgan fingerprint density at radius 1 is 1.07 bits per heavy atom. The zero-order valence-electron chi connectivity index (χ0n) is 7.27. The SMILES string of the molecule is c1ccc2c(c1)Nc1nccnc1[Se]2. The average Bonchev–Trinajstić information content (AvgIpc) is 2.26. The van der Waals surface area contributed by atoms with Crippen molar-refractivity contribution in [1.29, 1.82) is 0 Å². The summed E-state index contributed by atoms with van der Waals surface area (Å²) in [6, 6.07) is 8.31. The van der Waals surface area contributed by atoms with Gasteiger partial charge in [-0.15, -0.1) is 0 Å². The van der Waals surface area contributed by atoms with E-state index >= 15 is 0 Å². The van der Waals surface area contributed by atoms with Crippen LogP contribution in [0.2, 0.25) is 0 Å². The second-order valence-electron chi connectivity index (χ2n) is 2.93. The molecule has 3 rings (SSSR count). The Hall–Kier alpha value is -1.38. The zero-order valence-corrected chi connectivity index (χ0v) is 8.98. The van der Waals surface area contributed by atoms with Crippen molar-refractivity contribution in [2.45, 2.75) is 0 Å². The van der Waals surface area contributed by atoms with Gasteiger partial charge in [-0.2, -0.15) is 0 Å². The third kappa shape index (κ3) is 1.20. The number of aromatic nitrogens is 2. The summed E-state index contributed by atoms with van der Waals surface area (Å²) in [5, 5.41) is 3.28. The number of para-hydroxylation sites is 1. The standard InChI is InChI=1S/C10H7N3Se/c1-2-4-8-7(3-1)13-9-10(14-8)12-6-5-11-9/h1-6H,(H,11,13). The van der Waals surface area contributed by atoms with Crippen LogP contribution in [0.15, 0.2) is 36.7 Å². The molecule has 0 aliphatic carbocycles. The van der Waals surface area contributed by atoms with Gasteiger partial charge in [0.05, 0.1) is 0 Å². The predicted octanol–water partition coefficient (Wildman–Crippen LogP) is 0.189. The van der Waals surface area contributed by atoms with Crippen molar-refractivity contribution in [2.75, 3.05) is 5.32 Å². The number of benzene rings is 1. The fourth-order valence-corrected chi connectivity index (χ4v) is 3.26.